The summed E-state index contributed by atoms with van der Waals surface area (Å²) in [5.41, 5.74) is 7.23. The highest BCUT2D eigenvalue weighted by Gasteiger charge is 2.60. The van der Waals surface area contributed by atoms with Crippen LogP contribution in [0.3, 0.4) is 0 Å². The number of carboxylic acids is 1. The van der Waals surface area contributed by atoms with Gasteiger partial charge in [0.05, 0.1) is 21.6 Å². The fraction of sp³-hybridized carbons (Fsp3) is 0.577. The molecule has 4 fully saturated rings. The highest BCUT2D eigenvalue weighted by molar-refractivity contribution is 14.1. The van der Waals surface area contributed by atoms with E-state index in [0.717, 1.165) is 63.9 Å². The minimum atomic E-state index is -1.15. The van der Waals surface area contributed by atoms with E-state index in [1.807, 2.05) is 19.1 Å². The Morgan fingerprint density at radius 2 is 1.81 bits per heavy atom. The normalized spacial score (nSPS) is 33.2. The van der Waals surface area contributed by atoms with E-state index in [2.05, 4.69) is 28.7 Å². The molecule has 4 atom stereocenters. The Morgan fingerprint density at radius 1 is 1.19 bits per heavy atom. The summed E-state index contributed by atoms with van der Waals surface area (Å²) in [5.74, 6) is -1.83. The van der Waals surface area contributed by atoms with Crippen molar-refractivity contribution in [3.05, 3.63) is 38.6 Å². The van der Waals surface area contributed by atoms with Crippen molar-refractivity contribution < 1.29 is 38.3 Å². The van der Waals surface area contributed by atoms with Crippen molar-refractivity contribution in [3.63, 3.8) is 0 Å². The number of carbonyl (C=O) groups is 3. The summed E-state index contributed by atoms with van der Waals surface area (Å²) in [4.78, 5) is 37.5. The van der Waals surface area contributed by atoms with Gasteiger partial charge in [-0.3, -0.25) is 9.59 Å². The van der Waals surface area contributed by atoms with E-state index in [4.69, 9.17) is 10.5 Å². The Kier molecular flexibility index (Phi) is 6.78. The smallest absolute Gasteiger partial charge is 0.352 e. The first-order chi connectivity index (χ1) is 17.5. The first kappa shape index (κ1) is 26.4. The summed E-state index contributed by atoms with van der Waals surface area (Å²) in [7, 11) is 0. The molecule has 37 heavy (non-hydrogen) atoms. The number of primary amides is 1. The predicted octanol–water partition coefficient (Wildman–Crippen LogP) is 0.512. The second-order valence-electron chi connectivity index (χ2n) is 11.3. The minimum absolute atomic E-state index is 0.0110. The number of β-lactam (4-membered cyclic amide) rings is 1. The van der Waals surface area contributed by atoms with Crippen LogP contribution in [0.25, 0.3) is 0 Å². The second-order valence-corrected chi connectivity index (χ2v) is 12.5. The number of fused-ring (bicyclic) bond motifs is 4. The number of amides is 2. The molecule has 6 rings (SSSR count). The van der Waals surface area contributed by atoms with Gasteiger partial charge >= 0.3 is 5.97 Å². The van der Waals surface area contributed by atoms with Crippen LogP contribution in [-0.4, -0.2) is 106 Å². The summed E-state index contributed by atoms with van der Waals surface area (Å²) in [6, 6.07) is 5.84. The van der Waals surface area contributed by atoms with E-state index < -0.39 is 18.0 Å². The molecule has 2 bridgehead atoms. The molecule has 4 unspecified atom stereocenters. The molecule has 4 N–H and O–H groups in total. The Morgan fingerprint density at radius 3 is 2.38 bits per heavy atom. The minimum Gasteiger partial charge on any atom is -0.488 e. The number of carboxylic acid groups (broad SMARTS) is 1. The molecule has 200 valence electrons. The van der Waals surface area contributed by atoms with Gasteiger partial charge in [-0.15, -0.1) is 0 Å². The largest absolute Gasteiger partial charge is 0.488 e. The average molecular weight is 626 g/mol. The van der Waals surface area contributed by atoms with Gasteiger partial charge in [-0.25, -0.2) is 4.79 Å². The number of hydrogen-bond acceptors (Lipinski definition) is 5. The van der Waals surface area contributed by atoms with Crippen LogP contribution in [0, 0.1) is 15.4 Å². The number of ether oxygens (including phenoxy) is 1. The number of quaternary nitrogens is 2. The molecule has 1 aromatic carbocycles. The third-order valence-electron chi connectivity index (χ3n) is 9.05. The lowest BCUT2D eigenvalue weighted by Gasteiger charge is -2.55. The maximum absolute atomic E-state index is 12.6. The average Bonchev–Trinajstić information content (AvgIpc) is 3.08. The van der Waals surface area contributed by atoms with Crippen molar-refractivity contribution in [3.8, 4) is 5.75 Å². The summed E-state index contributed by atoms with van der Waals surface area (Å²) in [6.07, 6.45) is -0.832. The number of nitrogens with zero attached hydrogens (tertiary/aromatic N) is 3. The fourth-order valence-corrected chi connectivity index (χ4v) is 7.37. The number of carbonyl (C=O) groups excluding carboxylic acids is 2. The molecular weight excluding hydrogens is 591 g/mol. The molecule has 0 aliphatic carbocycles. The highest BCUT2D eigenvalue weighted by atomic mass is 127. The van der Waals surface area contributed by atoms with Crippen molar-refractivity contribution >= 4 is 40.4 Å². The molecule has 0 spiro atoms. The van der Waals surface area contributed by atoms with Gasteiger partial charge in [0.2, 0.25) is 5.91 Å². The fourth-order valence-electron chi connectivity index (χ4n) is 6.88. The van der Waals surface area contributed by atoms with Gasteiger partial charge in [-0.1, -0.05) is 13.0 Å². The predicted molar refractivity (Wildman–Crippen MR) is 142 cm³/mol. The standard InChI is InChI=1S/C26H33IN4O6/c1-15-18(24(26(35)36)29-23(15)22(16(2)32)25(29)34)14-37-20-11-17(3-4-19(20)27)12-30-5-8-31(9-6-30,10-7-30)13-21(28)33/h3-4,11,15-16,22-23,32H,5-10,12-14H2,1-2H3,(H-2,28,33,35,36)/p+2. The Bertz CT molecular complexity index is 1160. The summed E-state index contributed by atoms with van der Waals surface area (Å²) in [6.45, 7) is 10.8. The Labute approximate surface area is 230 Å². The molecule has 5 aliphatic heterocycles. The lowest BCUT2D eigenvalue weighted by atomic mass is 9.78. The number of rotatable bonds is 9. The number of aliphatic carboxylic acids is 1. The van der Waals surface area contributed by atoms with Crippen LogP contribution in [0.15, 0.2) is 29.5 Å². The van der Waals surface area contributed by atoms with Gasteiger partial charge in [0, 0.05) is 17.1 Å². The third-order valence-corrected chi connectivity index (χ3v) is 9.94. The molecule has 0 aromatic heterocycles. The van der Waals surface area contributed by atoms with Gasteiger partial charge in [0.25, 0.3) is 5.91 Å². The Hall–Kier alpha value is -2.22. The van der Waals surface area contributed by atoms with Crippen molar-refractivity contribution in [2.45, 2.75) is 32.5 Å². The first-order valence-electron chi connectivity index (χ1n) is 12.8. The third kappa shape index (κ3) is 4.53. The molecule has 1 aromatic rings. The molecule has 4 saturated heterocycles. The van der Waals surface area contributed by atoms with Crippen molar-refractivity contribution in [1.82, 2.24) is 4.90 Å². The van der Waals surface area contributed by atoms with Crippen LogP contribution in [-0.2, 0) is 20.9 Å². The van der Waals surface area contributed by atoms with Crippen LogP contribution in [0.5, 0.6) is 5.75 Å². The first-order valence-corrected chi connectivity index (χ1v) is 13.9. The number of piperazine rings is 3. The number of benzene rings is 1. The molecule has 5 aliphatic rings. The second kappa shape index (κ2) is 9.51. The zero-order valence-corrected chi connectivity index (χ0v) is 23.4. The molecule has 2 amide bonds. The SMILES string of the molecule is CC(O)C1C(=O)N2C(C(=O)O)=C(COc3cc(C[N+]45CC[N+](CC(N)=O)(CC4)CC5)ccc3I)C(C)C12. The Balaban J connectivity index is 1.30. The van der Waals surface area contributed by atoms with Crippen LogP contribution in [0.1, 0.15) is 19.4 Å². The summed E-state index contributed by atoms with van der Waals surface area (Å²) >= 11 is 2.22. The number of halogens is 1. The van der Waals surface area contributed by atoms with Crippen molar-refractivity contribution in [2.75, 3.05) is 52.4 Å². The van der Waals surface area contributed by atoms with E-state index in [1.54, 1.807) is 6.92 Å². The van der Waals surface area contributed by atoms with Crippen LogP contribution in [0.2, 0.25) is 0 Å². The number of aliphatic hydroxyl groups excluding tert-OH is 1. The van der Waals surface area contributed by atoms with Crippen LogP contribution < -0.4 is 10.5 Å². The van der Waals surface area contributed by atoms with E-state index in [1.165, 1.54) is 4.90 Å². The molecule has 11 heteroatoms. The van der Waals surface area contributed by atoms with Gasteiger partial charge < -0.3 is 34.5 Å². The van der Waals surface area contributed by atoms with Crippen LogP contribution in [0.4, 0.5) is 0 Å². The molecular formula is C26H35IN4O6+2. The monoisotopic (exact) mass is 626 g/mol. The number of nitrogens with two attached hydrogens (primary N) is 1. The molecule has 0 saturated carbocycles. The van der Waals surface area contributed by atoms with Gasteiger partial charge in [-0.2, -0.15) is 0 Å². The number of hydrogen-bond donors (Lipinski definition) is 3. The van der Waals surface area contributed by atoms with Gasteiger partial charge in [0.15, 0.2) is 6.54 Å². The quantitative estimate of drug-likeness (QED) is 0.208. The van der Waals surface area contributed by atoms with E-state index >= 15 is 0 Å². The van der Waals surface area contributed by atoms with E-state index in [0.29, 0.717) is 17.9 Å². The molecule has 0 radical (unpaired) electrons. The molecule has 5 heterocycles. The molecule has 10 nitrogen and oxygen atoms in total. The zero-order chi connectivity index (χ0) is 26.7. The van der Waals surface area contributed by atoms with Gasteiger partial charge in [0.1, 0.15) is 63.9 Å². The van der Waals surface area contributed by atoms with Crippen LogP contribution >= 0.6 is 22.6 Å². The van der Waals surface area contributed by atoms with Gasteiger partial charge in [-0.05, 0) is 41.6 Å². The van der Waals surface area contributed by atoms with E-state index in [-0.39, 0.29) is 36.1 Å². The lowest BCUT2D eigenvalue weighted by molar-refractivity contribution is -1.08. The lowest BCUT2D eigenvalue weighted by Crippen LogP contribution is -2.75. The maximum Gasteiger partial charge on any atom is 0.352 e. The maximum atomic E-state index is 12.6. The number of aliphatic hydroxyl groups is 1. The van der Waals surface area contributed by atoms with Crippen molar-refractivity contribution in [1.29, 1.82) is 0 Å². The van der Waals surface area contributed by atoms with Crippen molar-refractivity contribution in [2.24, 2.45) is 17.6 Å². The van der Waals surface area contributed by atoms with E-state index in [9.17, 15) is 24.6 Å². The summed E-state index contributed by atoms with van der Waals surface area (Å²) in [5, 5.41) is 19.9. The topological polar surface area (TPSA) is 130 Å². The summed E-state index contributed by atoms with van der Waals surface area (Å²) < 4.78 is 8.93. The highest BCUT2D eigenvalue weighted by Crippen LogP contribution is 2.47. The zero-order valence-electron chi connectivity index (χ0n) is 21.2.